The molecule has 1 aliphatic rings. The minimum absolute atomic E-state index is 0.0985. The van der Waals surface area contributed by atoms with Crippen molar-refractivity contribution in [2.24, 2.45) is 0 Å². The first-order chi connectivity index (χ1) is 10.9. The zero-order valence-corrected chi connectivity index (χ0v) is 13.3. The summed E-state index contributed by atoms with van der Waals surface area (Å²) in [5, 5.41) is 1.60. The molecule has 0 saturated carbocycles. The lowest BCUT2D eigenvalue weighted by Gasteiger charge is -2.25. The van der Waals surface area contributed by atoms with Crippen LogP contribution in [0.3, 0.4) is 0 Å². The highest BCUT2D eigenvalue weighted by Gasteiger charge is 2.42. The van der Waals surface area contributed by atoms with Crippen LogP contribution in [0.4, 0.5) is 18.9 Å². The Labute approximate surface area is 137 Å². The molecule has 1 fully saturated rings. The van der Waals surface area contributed by atoms with Crippen LogP contribution in [0.1, 0.15) is 23.6 Å². The van der Waals surface area contributed by atoms with E-state index in [2.05, 4.69) is 0 Å². The monoisotopic (exact) mass is 339 g/mol. The Kier molecular flexibility index (Phi) is 4.55. The molecule has 2 unspecified atom stereocenters. The van der Waals surface area contributed by atoms with Crippen LogP contribution < -0.4 is 5.06 Å². The number of hydroxylamine groups is 1. The quantitative estimate of drug-likeness (QED) is 0.737. The molecule has 2 nitrogen and oxygen atoms in total. The molecule has 0 radical (unpaired) electrons. The molecule has 0 N–H and O–H groups in total. The predicted octanol–water partition coefficient (Wildman–Crippen LogP) is 5.46. The number of para-hydroxylation sites is 1. The van der Waals surface area contributed by atoms with Crippen molar-refractivity contribution in [3.05, 3.63) is 65.7 Å². The smallest absolute Gasteiger partial charge is 0.258 e. The van der Waals surface area contributed by atoms with E-state index < -0.39 is 10.9 Å². The highest BCUT2D eigenvalue weighted by Crippen LogP contribution is 2.46. The van der Waals surface area contributed by atoms with E-state index in [1.54, 1.807) is 5.06 Å². The highest BCUT2D eigenvalue weighted by molar-refractivity contribution is 8.00. The van der Waals surface area contributed by atoms with Crippen molar-refractivity contribution in [2.45, 2.75) is 30.3 Å². The van der Waals surface area contributed by atoms with Gasteiger partial charge in [-0.25, -0.2) is 5.06 Å². The Bertz CT molecular complexity index is 662. The second-order valence-electron chi connectivity index (χ2n) is 5.43. The summed E-state index contributed by atoms with van der Waals surface area (Å²) in [6.07, 6.45) is 0.280. The summed E-state index contributed by atoms with van der Waals surface area (Å²) in [5.41, 5.74) is -2.47. The van der Waals surface area contributed by atoms with E-state index in [-0.39, 0.29) is 24.2 Å². The van der Waals surface area contributed by atoms with E-state index in [0.717, 1.165) is 16.8 Å². The van der Waals surface area contributed by atoms with E-state index in [4.69, 9.17) is 4.84 Å². The molecule has 1 saturated heterocycles. The minimum Gasteiger partial charge on any atom is -0.258 e. The molecule has 1 aliphatic heterocycles. The van der Waals surface area contributed by atoms with Gasteiger partial charge in [0.2, 0.25) is 0 Å². The number of benzene rings is 2. The molecule has 2 atom stereocenters. The zero-order chi connectivity index (χ0) is 16.4. The van der Waals surface area contributed by atoms with Crippen molar-refractivity contribution in [1.29, 1.82) is 0 Å². The lowest BCUT2D eigenvalue weighted by Crippen LogP contribution is -2.22. The highest BCUT2D eigenvalue weighted by atomic mass is 32.2. The van der Waals surface area contributed by atoms with Crippen LogP contribution in [0.25, 0.3) is 0 Å². The first-order valence-corrected chi connectivity index (χ1v) is 8.12. The van der Waals surface area contributed by atoms with Crippen molar-refractivity contribution in [1.82, 2.24) is 0 Å². The Morgan fingerprint density at radius 1 is 1.09 bits per heavy atom. The Hall–Kier alpha value is -1.66. The van der Waals surface area contributed by atoms with E-state index in [1.165, 1.54) is 0 Å². The van der Waals surface area contributed by atoms with Gasteiger partial charge in [0.25, 0.3) is 0 Å². The fourth-order valence-corrected chi connectivity index (χ4v) is 3.42. The molecule has 0 aliphatic carbocycles. The van der Waals surface area contributed by atoms with Crippen molar-refractivity contribution in [3.8, 4) is 0 Å². The number of nitrogens with zero attached hydrogens (tertiary/aromatic N) is 1. The summed E-state index contributed by atoms with van der Waals surface area (Å²) < 4.78 is 38.1. The SMILES string of the molecule is Cc1cccc(C2CC(SC(F)(F)F)ON2c2ccccc2)c1. The van der Waals surface area contributed by atoms with Gasteiger partial charge in [-0.2, -0.15) is 13.2 Å². The molecule has 0 aromatic heterocycles. The summed E-state index contributed by atoms with van der Waals surface area (Å²) in [7, 11) is 0. The van der Waals surface area contributed by atoms with Crippen LogP contribution >= 0.6 is 11.8 Å². The van der Waals surface area contributed by atoms with Gasteiger partial charge in [0.05, 0.1) is 11.7 Å². The van der Waals surface area contributed by atoms with Gasteiger partial charge in [0.1, 0.15) is 5.44 Å². The number of aryl methyl sites for hydroxylation is 1. The average molecular weight is 339 g/mol. The van der Waals surface area contributed by atoms with Gasteiger partial charge in [-0.3, -0.25) is 4.84 Å². The average Bonchev–Trinajstić information content (AvgIpc) is 2.90. The van der Waals surface area contributed by atoms with Crippen molar-refractivity contribution in [3.63, 3.8) is 0 Å². The van der Waals surface area contributed by atoms with E-state index in [0.29, 0.717) is 0 Å². The molecule has 0 spiro atoms. The van der Waals surface area contributed by atoms with Crippen LogP contribution in [0.5, 0.6) is 0 Å². The number of thioether (sulfide) groups is 1. The predicted molar refractivity (Wildman–Crippen MR) is 86.0 cm³/mol. The normalized spacial score (nSPS) is 21.7. The van der Waals surface area contributed by atoms with Gasteiger partial charge < -0.3 is 0 Å². The topological polar surface area (TPSA) is 12.5 Å². The summed E-state index contributed by atoms with van der Waals surface area (Å²) in [6.45, 7) is 1.97. The summed E-state index contributed by atoms with van der Waals surface area (Å²) >= 11 is -0.0985. The first-order valence-electron chi connectivity index (χ1n) is 7.24. The molecule has 122 valence electrons. The van der Waals surface area contributed by atoms with Crippen LogP contribution in [-0.2, 0) is 4.84 Å². The Balaban J connectivity index is 1.90. The fourth-order valence-electron chi connectivity index (χ4n) is 2.70. The molecule has 23 heavy (non-hydrogen) atoms. The van der Waals surface area contributed by atoms with Crippen molar-refractivity contribution < 1.29 is 18.0 Å². The number of hydrogen-bond acceptors (Lipinski definition) is 3. The van der Waals surface area contributed by atoms with Crippen LogP contribution in [0, 0.1) is 6.92 Å². The molecule has 0 bridgehead atoms. The molecule has 1 heterocycles. The van der Waals surface area contributed by atoms with E-state index in [1.807, 2.05) is 61.5 Å². The number of rotatable bonds is 3. The van der Waals surface area contributed by atoms with Gasteiger partial charge >= 0.3 is 5.51 Å². The molecular formula is C17H16F3NOS. The molecular weight excluding hydrogens is 323 g/mol. The Morgan fingerprint density at radius 2 is 1.83 bits per heavy atom. The third-order valence-corrected chi connectivity index (χ3v) is 4.44. The van der Waals surface area contributed by atoms with E-state index in [9.17, 15) is 13.2 Å². The second kappa shape index (κ2) is 6.45. The van der Waals surface area contributed by atoms with Crippen LogP contribution in [0.15, 0.2) is 54.6 Å². The number of anilines is 1. The van der Waals surface area contributed by atoms with Gasteiger partial charge in [-0.15, -0.1) is 0 Å². The maximum Gasteiger partial charge on any atom is 0.444 e. The summed E-state index contributed by atoms with van der Waals surface area (Å²) in [6, 6.07) is 16.8. The van der Waals surface area contributed by atoms with E-state index >= 15 is 0 Å². The molecule has 3 rings (SSSR count). The summed E-state index contributed by atoms with van der Waals surface area (Å²) in [5.74, 6) is 0. The molecule has 2 aromatic carbocycles. The van der Waals surface area contributed by atoms with Gasteiger partial charge in [0, 0.05) is 6.42 Å². The first kappa shape index (κ1) is 16.2. The number of hydrogen-bond donors (Lipinski definition) is 0. The lowest BCUT2D eigenvalue weighted by atomic mass is 10.0. The third-order valence-electron chi connectivity index (χ3n) is 3.63. The Morgan fingerprint density at radius 3 is 2.48 bits per heavy atom. The maximum absolute atomic E-state index is 12.7. The lowest BCUT2D eigenvalue weighted by molar-refractivity contribution is -0.0362. The summed E-state index contributed by atoms with van der Waals surface area (Å²) in [4.78, 5) is 5.61. The second-order valence-corrected chi connectivity index (χ2v) is 6.65. The van der Waals surface area contributed by atoms with Gasteiger partial charge in [0.15, 0.2) is 0 Å². The molecule has 6 heteroatoms. The van der Waals surface area contributed by atoms with Crippen LogP contribution in [0.2, 0.25) is 0 Å². The van der Waals surface area contributed by atoms with Crippen LogP contribution in [-0.4, -0.2) is 10.9 Å². The largest absolute Gasteiger partial charge is 0.444 e. The zero-order valence-electron chi connectivity index (χ0n) is 12.5. The van der Waals surface area contributed by atoms with Crippen molar-refractivity contribution >= 4 is 17.4 Å². The van der Waals surface area contributed by atoms with Gasteiger partial charge in [-0.05, 0) is 36.4 Å². The third kappa shape index (κ3) is 4.00. The molecule has 2 aromatic rings. The minimum atomic E-state index is -4.31. The van der Waals surface area contributed by atoms with Crippen molar-refractivity contribution in [2.75, 3.05) is 5.06 Å². The molecule has 0 amide bonds. The number of halogens is 3. The standard InChI is InChI=1S/C17H16F3NOS/c1-12-6-5-7-13(10-12)15-11-16(23-17(18,19)20)22-21(15)14-8-3-2-4-9-14/h2-10,15-16H,11H2,1H3. The number of alkyl halides is 3. The maximum atomic E-state index is 12.7. The fraction of sp³-hybridized carbons (Fsp3) is 0.294. The van der Waals surface area contributed by atoms with Gasteiger partial charge in [-0.1, -0.05) is 48.0 Å².